The zero-order valence-corrected chi connectivity index (χ0v) is 7.98. The van der Waals surface area contributed by atoms with Crippen LogP contribution in [0.5, 0.6) is 0 Å². The van der Waals surface area contributed by atoms with E-state index in [-0.39, 0.29) is 10.6 Å². The lowest BCUT2D eigenvalue weighted by Crippen LogP contribution is -2.37. The van der Waals surface area contributed by atoms with Crippen molar-refractivity contribution in [2.75, 3.05) is 13.2 Å². The lowest BCUT2D eigenvalue weighted by atomic mass is 10.1. The van der Waals surface area contributed by atoms with Gasteiger partial charge in [-0.1, -0.05) is 22.9 Å². The van der Waals surface area contributed by atoms with E-state index in [2.05, 4.69) is 29.8 Å². The maximum Gasteiger partial charge on any atom is 0.180 e. The Kier molecular flexibility index (Phi) is 2.72. The van der Waals surface area contributed by atoms with E-state index in [4.69, 9.17) is 9.47 Å². The van der Waals surface area contributed by atoms with Crippen molar-refractivity contribution in [1.29, 1.82) is 0 Å². The summed E-state index contributed by atoms with van der Waals surface area (Å²) in [5, 5.41) is 0. The van der Waals surface area contributed by atoms with Crippen LogP contribution in [0.3, 0.4) is 0 Å². The van der Waals surface area contributed by atoms with Gasteiger partial charge in [-0.15, -0.1) is 0 Å². The van der Waals surface area contributed by atoms with Gasteiger partial charge in [0.25, 0.3) is 0 Å². The van der Waals surface area contributed by atoms with E-state index in [1.807, 2.05) is 0 Å². The molecule has 60 valence electrons. The molecule has 0 bridgehead atoms. The molecule has 0 saturated carbocycles. The van der Waals surface area contributed by atoms with Gasteiger partial charge in [0, 0.05) is 0 Å². The summed E-state index contributed by atoms with van der Waals surface area (Å²) in [5.41, 5.74) is 0. The highest BCUT2D eigenvalue weighted by molar-refractivity contribution is 9.09. The molecule has 3 heteroatoms. The monoisotopic (exact) mass is 208 g/mol. The number of halogens is 1. The fraction of sp³-hybridized carbons (Fsp3) is 1.00. The topological polar surface area (TPSA) is 18.5 Å². The summed E-state index contributed by atoms with van der Waals surface area (Å²) in [4.78, 5) is 0.271. The number of rotatable bonds is 2. The molecule has 0 spiro atoms. The Morgan fingerprint density at radius 3 is 2.20 bits per heavy atom. The van der Waals surface area contributed by atoms with Gasteiger partial charge in [-0.05, 0) is 13.3 Å². The molecule has 1 saturated heterocycles. The fourth-order valence-corrected chi connectivity index (χ4v) is 1.77. The summed E-state index contributed by atoms with van der Waals surface area (Å²) in [5.74, 6) is -0.347. The van der Waals surface area contributed by atoms with Gasteiger partial charge in [0.05, 0.1) is 18.0 Å². The lowest BCUT2D eigenvalue weighted by molar-refractivity contribution is -0.154. The summed E-state index contributed by atoms with van der Waals surface area (Å²) >= 11 is 3.47. The first kappa shape index (κ1) is 8.50. The van der Waals surface area contributed by atoms with Crippen LogP contribution in [0.15, 0.2) is 0 Å². The molecule has 0 aromatic heterocycles. The standard InChI is InChI=1S/C7H13BrO2/c1-3-7(6(2)8)9-4-5-10-7/h6H,3-5H2,1-2H3/t6-/m1/s1. The van der Waals surface area contributed by atoms with Gasteiger partial charge in [-0.25, -0.2) is 0 Å². The van der Waals surface area contributed by atoms with Gasteiger partial charge in [-0.3, -0.25) is 0 Å². The van der Waals surface area contributed by atoms with Crippen molar-refractivity contribution in [2.24, 2.45) is 0 Å². The predicted octanol–water partition coefficient (Wildman–Crippen LogP) is 1.92. The minimum absolute atomic E-state index is 0.271. The molecule has 0 amide bonds. The Hall–Kier alpha value is 0.400. The Bertz CT molecular complexity index is 108. The largest absolute Gasteiger partial charge is 0.346 e. The Morgan fingerprint density at radius 1 is 1.50 bits per heavy atom. The zero-order valence-electron chi connectivity index (χ0n) is 6.39. The van der Waals surface area contributed by atoms with E-state index in [1.165, 1.54) is 0 Å². The summed E-state index contributed by atoms with van der Waals surface area (Å²) in [6.07, 6.45) is 0.902. The van der Waals surface area contributed by atoms with Gasteiger partial charge in [0.15, 0.2) is 5.79 Å². The van der Waals surface area contributed by atoms with Crippen LogP contribution in [-0.2, 0) is 9.47 Å². The highest BCUT2D eigenvalue weighted by Crippen LogP contribution is 2.31. The van der Waals surface area contributed by atoms with Crippen LogP contribution in [0.1, 0.15) is 20.3 Å². The minimum atomic E-state index is -0.347. The third-order valence-corrected chi connectivity index (χ3v) is 2.57. The van der Waals surface area contributed by atoms with E-state index < -0.39 is 0 Å². The quantitative estimate of drug-likeness (QED) is 0.647. The van der Waals surface area contributed by atoms with Crippen molar-refractivity contribution >= 4 is 15.9 Å². The van der Waals surface area contributed by atoms with E-state index in [1.54, 1.807) is 0 Å². The van der Waals surface area contributed by atoms with Crippen molar-refractivity contribution in [3.8, 4) is 0 Å². The molecular formula is C7H13BrO2. The predicted molar refractivity (Wildman–Crippen MR) is 43.3 cm³/mol. The average molecular weight is 209 g/mol. The van der Waals surface area contributed by atoms with Crippen LogP contribution in [0.4, 0.5) is 0 Å². The Labute approximate surface area is 70.0 Å². The Balaban J connectivity index is 2.58. The van der Waals surface area contributed by atoms with Crippen LogP contribution < -0.4 is 0 Å². The minimum Gasteiger partial charge on any atom is -0.346 e. The molecule has 0 radical (unpaired) electrons. The van der Waals surface area contributed by atoms with Crippen LogP contribution in [0.25, 0.3) is 0 Å². The molecule has 2 nitrogen and oxygen atoms in total. The molecule has 0 aromatic rings. The first-order valence-electron chi connectivity index (χ1n) is 3.63. The molecular weight excluding hydrogens is 196 g/mol. The van der Waals surface area contributed by atoms with Crippen molar-refractivity contribution in [1.82, 2.24) is 0 Å². The molecule has 10 heavy (non-hydrogen) atoms. The molecule has 0 unspecified atom stereocenters. The molecule has 1 atom stereocenters. The van der Waals surface area contributed by atoms with Crippen LogP contribution >= 0.6 is 15.9 Å². The SMILES string of the molecule is CCC1([C@@H](C)Br)OCCO1. The first-order chi connectivity index (χ1) is 4.71. The normalized spacial score (nSPS) is 26.7. The van der Waals surface area contributed by atoms with Crippen molar-refractivity contribution in [3.05, 3.63) is 0 Å². The molecule has 1 aliphatic rings. The van der Waals surface area contributed by atoms with E-state index in [0.29, 0.717) is 0 Å². The number of ether oxygens (including phenoxy) is 2. The van der Waals surface area contributed by atoms with Crippen LogP contribution in [0.2, 0.25) is 0 Å². The van der Waals surface area contributed by atoms with E-state index in [0.717, 1.165) is 19.6 Å². The third kappa shape index (κ3) is 1.36. The molecule has 1 heterocycles. The van der Waals surface area contributed by atoms with Gasteiger partial charge >= 0.3 is 0 Å². The zero-order chi connectivity index (χ0) is 7.61. The highest BCUT2D eigenvalue weighted by Gasteiger charge is 2.38. The van der Waals surface area contributed by atoms with Gasteiger partial charge in [0.2, 0.25) is 0 Å². The summed E-state index contributed by atoms with van der Waals surface area (Å²) in [6.45, 7) is 5.57. The number of hydrogen-bond acceptors (Lipinski definition) is 2. The molecule has 1 fully saturated rings. The second-order valence-corrected chi connectivity index (χ2v) is 3.85. The van der Waals surface area contributed by atoms with Gasteiger partial charge in [0.1, 0.15) is 0 Å². The van der Waals surface area contributed by atoms with E-state index in [9.17, 15) is 0 Å². The summed E-state index contributed by atoms with van der Waals surface area (Å²) in [6, 6.07) is 0. The van der Waals surface area contributed by atoms with Crippen LogP contribution in [0, 0.1) is 0 Å². The van der Waals surface area contributed by atoms with Crippen molar-refractivity contribution in [3.63, 3.8) is 0 Å². The maximum atomic E-state index is 5.48. The maximum absolute atomic E-state index is 5.48. The second kappa shape index (κ2) is 3.20. The number of hydrogen-bond donors (Lipinski definition) is 0. The molecule has 1 rings (SSSR count). The van der Waals surface area contributed by atoms with Crippen LogP contribution in [-0.4, -0.2) is 23.8 Å². The van der Waals surface area contributed by atoms with Crippen molar-refractivity contribution < 1.29 is 9.47 Å². The smallest absolute Gasteiger partial charge is 0.180 e. The van der Waals surface area contributed by atoms with Crippen molar-refractivity contribution in [2.45, 2.75) is 30.9 Å². The fourth-order valence-electron chi connectivity index (χ4n) is 1.19. The highest BCUT2D eigenvalue weighted by atomic mass is 79.9. The van der Waals surface area contributed by atoms with Gasteiger partial charge in [-0.2, -0.15) is 0 Å². The van der Waals surface area contributed by atoms with E-state index >= 15 is 0 Å². The summed E-state index contributed by atoms with van der Waals surface area (Å²) in [7, 11) is 0. The summed E-state index contributed by atoms with van der Waals surface area (Å²) < 4.78 is 11.0. The number of alkyl halides is 1. The molecule has 0 N–H and O–H groups in total. The average Bonchev–Trinajstić information content (AvgIpc) is 2.35. The Morgan fingerprint density at radius 2 is 2.00 bits per heavy atom. The van der Waals surface area contributed by atoms with Gasteiger partial charge < -0.3 is 9.47 Å². The molecule has 0 aromatic carbocycles. The molecule has 0 aliphatic carbocycles. The second-order valence-electron chi connectivity index (χ2n) is 2.48. The lowest BCUT2D eigenvalue weighted by Gasteiger charge is -2.28. The first-order valence-corrected chi connectivity index (χ1v) is 4.55. The third-order valence-electron chi connectivity index (χ3n) is 1.87. The molecule has 1 aliphatic heterocycles.